The first-order valence-corrected chi connectivity index (χ1v) is 9.65. The first-order valence-electron chi connectivity index (χ1n) is 9.65. The molecule has 26 heavy (non-hydrogen) atoms. The highest BCUT2D eigenvalue weighted by atomic mass is 14.8. The molecule has 130 valence electrons. The van der Waals surface area contributed by atoms with Gasteiger partial charge in [0.05, 0.1) is 17.1 Å². The highest BCUT2D eigenvalue weighted by Crippen LogP contribution is 2.43. The van der Waals surface area contributed by atoms with Gasteiger partial charge in [0.1, 0.15) is 0 Å². The number of nitrogens with zero attached hydrogens (tertiary/aromatic N) is 3. The first-order chi connectivity index (χ1) is 12.7. The van der Waals surface area contributed by atoms with Crippen molar-refractivity contribution in [2.75, 3.05) is 0 Å². The van der Waals surface area contributed by atoms with Gasteiger partial charge in [-0.2, -0.15) is 0 Å². The third kappa shape index (κ3) is 2.38. The van der Waals surface area contributed by atoms with E-state index in [9.17, 15) is 0 Å². The Morgan fingerprint density at radius 1 is 0.808 bits per heavy atom. The van der Waals surface area contributed by atoms with Crippen LogP contribution < -0.4 is 0 Å². The van der Waals surface area contributed by atoms with Crippen LogP contribution in [0.15, 0.2) is 36.7 Å². The molecule has 0 saturated heterocycles. The number of rotatable bonds is 2. The van der Waals surface area contributed by atoms with E-state index in [-0.39, 0.29) is 0 Å². The highest BCUT2D eigenvalue weighted by Gasteiger charge is 2.30. The quantitative estimate of drug-likeness (QED) is 0.684. The van der Waals surface area contributed by atoms with Crippen molar-refractivity contribution in [3.8, 4) is 22.6 Å². The van der Waals surface area contributed by atoms with Gasteiger partial charge in [0, 0.05) is 23.7 Å². The lowest BCUT2D eigenvalue weighted by molar-refractivity contribution is 0.627. The molecule has 3 aromatic heterocycles. The molecule has 0 spiro atoms. The Labute approximate surface area is 154 Å². The molecular weight excluding hydrogens is 318 g/mol. The van der Waals surface area contributed by atoms with E-state index in [1.165, 1.54) is 39.2 Å². The van der Waals surface area contributed by atoms with E-state index < -0.39 is 0 Å². The summed E-state index contributed by atoms with van der Waals surface area (Å²) in [6.07, 6.45) is 9.04. The molecule has 0 bridgehead atoms. The first kappa shape index (κ1) is 15.7. The monoisotopic (exact) mass is 341 g/mol. The van der Waals surface area contributed by atoms with Crippen molar-refractivity contribution in [3.63, 3.8) is 0 Å². The van der Waals surface area contributed by atoms with Gasteiger partial charge in [-0.05, 0) is 72.4 Å². The minimum absolute atomic E-state index is 0.585. The zero-order chi connectivity index (χ0) is 17.7. The van der Waals surface area contributed by atoms with Crippen LogP contribution >= 0.6 is 0 Å². The maximum absolute atomic E-state index is 5.19. The van der Waals surface area contributed by atoms with Crippen molar-refractivity contribution in [2.45, 2.75) is 46.0 Å². The summed E-state index contributed by atoms with van der Waals surface area (Å²) in [6, 6.07) is 8.52. The molecule has 2 aliphatic carbocycles. The normalized spacial score (nSPS) is 14.4. The molecule has 3 nitrogen and oxygen atoms in total. The van der Waals surface area contributed by atoms with E-state index in [0.717, 1.165) is 43.5 Å². The molecule has 0 atom stereocenters. The maximum atomic E-state index is 5.19. The highest BCUT2D eigenvalue weighted by molar-refractivity contribution is 5.81. The lowest BCUT2D eigenvalue weighted by Crippen LogP contribution is -2.18. The van der Waals surface area contributed by atoms with Crippen molar-refractivity contribution in [1.82, 2.24) is 15.0 Å². The third-order valence-electron chi connectivity index (χ3n) is 5.62. The van der Waals surface area contributed by atoms with Crippen LogP contribution in [0.25, 0.3) is 22.6 Å². The molecule has 0 N–H and O–H groups in total. The molecule has 0 amide bonds. The fraction of sp³-hybridized carbons (Fsp3) is 0.348. The molecule has 0 radical (unpaired) electrons. The lowest BCUT2D eigenvalue weighted by Gasteiger charge is -2.29. The Bertz CT molecular complexity index is 1000. The minimum Gasteiger partial charge on any atom is -0.256 e. The number of hydrogen-bond acceptors (Lipinski definition) is 3. The average Bonchev–Trinajstić information content (AvgIpc) is 2.67. The fourth-order valence-electron chi connectivity index (χ4n) is 4.50. The van der Waals surface area contributed by atoms with Crippen LogP contribution in [0.5, 0.6) is 0 Å². The van der Waals surface area contributed by atoms with Gasteiger partial charge in [0.2, 0.25) is 0 Å². The Morgan fingerprint density at radius 3 is 2.19 bits per heavy atom. The van der Waals surface area contributed by atoms with E-state index in [1.54, 1.807) is 0 Å². The van der Waals surface area contributed by atoms with Gasteiger partial charge < -0.3 is 0 Å². The summed E-state index contributed by atoms with van der Waals surface area (Å²) in [5.74, 6) is 0.585. The molecular formula is C23H23N3. The number of hydrogen-bond donors (Lipinski definition) is 0. The van der Waals surface area contributed by atoms with Crippen molar-refractivity contribution >= 4 is 0 Å². The molecule has 2 aliphatic rings. The predicted molar refractivity (Wildman–Crippen MR) is 104 cm³/mol. The smallest absolute Gasteiger partial charge is 0.0931 e. The van der Waals surface area contributed by atoms with E-state index in [2.05, 4.69) is 32.0 Å². The van der Waals surface area contributed by atoms with Crippen molar-refractivity contribution in [3.05, 3.63) is 64.6 Å². The van der Waals surface area contributed by atoms with Crippen LogP contribution in [-0.4, -0.2) is 15.0 Å². The van der Waals surface area contributed by atoms with E-state index in [4.69, 9.17) is 15.0 Å². The second kappa shape index (κ2) is 6.01. The molecule has 0 saturated carbocycles. The van der Waals surface area contributed by atoms with E-state index >= 15 is 0 Å². The molecule has 0 aromatic carbocycles. The minimum atomic E-state index is 0.585. The molecule has 3 aromatic rings. The predicted octanol–water partition coefficient (Wildman–Crippen LogP) is 4.60. The summed E-state index contributed by atoms with van der Waals surface area (Å²) in [6.45, 7) is 4.55. The van der Waals surface area contributed by atoms with Gasteiger partial charge in [-0.15, -0.1) is 0 Å². The Morgan fingerprint density at radius 2 is 1.46 bits per heavy atom. The second-order valence-electron chi connectivity index (χ2n) is 7.86. The van der Waals surface area contributed by atoms with E-state index in [1.807, 2.05) is 18.5 Å². The summed E-state index contributed by atoms with van der Waals surface area (Å²) >= 11 is 0. The lowest BCUT2D eigenvalue weighted by atomic mass is 9.79. The zero-order valence-electron chi connectivity index (χ0n) is 15.4. The summed E-state index contributed by atoms with van der Waals surface area (Å²) in [7, 11) is 0. The average molecular weight is 341 g/mol. The largest absolute Gasteiger partial charge is 0.256 e. The van der Waals surface area contributed by atoms with Gasteiger partial charge >= 0.3 is 0 Å². The summed E-state index contributed by atoms with van der Waals surface area (Å²) in [4.78, 5) is 14.7. The van der Waals surface area contributed by atoms with Gasteiger partial charge in [0.15, 0.2) is 0 Å². The van der Waals surface area contributed by atoms with Gasteiger partial charge in [-0.1, -0.05) is 26.0 Å². The summed E-state index contributed by atoms with van der Waals surface area (Å²) in [5.41, 5.74) is 11.4. The van der Waals surface area contributed by atoms with Crippen LogP contribution in [0, 0.1) is 5.92 Å². The molecule has 0 fully saturated rings. The van der Waals surface area contributed by atoms with Crippen molar-refractivity contribution in [2.24, 2.45) is 5.92 Å². The van der Waals surface area contributed by atoms with Gasteiger partial charge in [-0.3, -0.25) is 15.0 Å². The fourth-order valence-corrected chi connectivity index (χ4v) is 4.50. The Kier molecular flexibility index (Phi) is 3.63. The maximum Gasteiger partial charge on any atom is 0.0931 e. The summed E-state index contributed by atoms with van der Waals surface area (Å²) < 4.78 is 0. The van der Waals surface area contributed by atoms with Crippen molar-refractivity contribution < 1.29 is 0 Å². The standard InChI is InChI=1S/C23H23N3/c1-14(2)13-19-17-9-7-15-5-3-11-24-21(15)20(17)18-10-8-16-6-4-12-25-22(16)23(18)26-19/h3-6,11-12,14H,7-10,13H2,1-2H3. The molecule has 0 unspecified atom stereocenters. The molecule has 3 heteroatoms. The molecule has 3 heterocycles. The van der Waals surface area contributed by atoms with Crippen LogP contribution in [0.1, 0.15) is 41.8 Å². The molecule has 0 aliphatic heterocycles. The van der Waals surface area contributed by atoms with Crippen LogP contribution in [0.2, 0.25) is 0 Å². The van der Waals surface area contributed by atoms with Crippen LogP contribution in [0.4, 0.5) is 0 Å². The van der Waals surface area contributed by atoms with Gasteiger partial charge in [0.25, 0.3) is 0 Å². The Balaban J connectivity index is 1.83. The zero-order valence-corrected chi connectivity index (χ0v) is 15.4. The Hall–Kier alpha value is -2.55. The van der Waals surface area contributed by atoms with E-state index in [0.29, 0.717) is 5.92 Å². The SMILES string of the molecule is CC(C)Cc1nc2c(c3c1CCc1cccnc1-3)CCc1cccnc1-2. The number of fused-ring (bicyclic) bond motifs is 7. The number of aromatic nitrogens is 3. The third-order valence-corrected chi connectivity index (χ3v) is 5.62. The topological polar surface area (TPSA) is 38.7 Å². The number of pyridine rings is 3. The van der Waals surface area contributed by atoms with Gasteiger partial charge in [-0.25, -0.2) is 0 Å². The number of aryl methyl sites for hydroxylation is 2. The van der Waals surface area contributed by atoms with Crippen molar-refractivity contribution in [1.29, 1.82) is 0 Å². The van der Waals surface area contributed by atoms with Crippen LogP contribution in [-0.2, 0) is 32.1 Å². The second-order valence-corrected chi connectivity index (χ2v) is 7.86. The van der Waals surface area contributed by atoms with Crippen LogP contribution in [0.3, 0.4) is 0 Å². The summed E-state index contributed by atoms with van der Waals surface area (Å²) in [5, 5.41) is 0. The molecule has 5 rings (SSSR count).